The summed E-state index contributed by atoms with van der Waals surface area (Å²) < 4.78 is 7.55. The van der Waals surface area contributed by atoms with Crippen LogP contribution in [0.15, 0.2) is 48.8 Å². The van der Waals surface area contributed by atoms with Gasteiger partial charge in [-0.3, -0.25) is 0 Å². The second kappa shape index (κ2) is 4.82. The zero-order chi connectivity index (χ0) is 13.2. The minimum Gasteiger partial charge on any atom is -0.487 e. The van der Waals surface area contributed by atoms with E-state index in [4.69, 9.17) is 22.1 Å². The number of pyridine rings is 1. The number of fused-ring (bicyclic) bond motifs is 1. The number of nitrogens with two attached hydrogens (primary N) is 1. The van der Waals surface area contributed by atoms with Crippen LogP contribution in [0, 0.1) is 0 Å². The molecule has 2 N–H and O–H groups in total. The number of benzene rings is 1. The first-order chi connectivity index (χ1) is 9.20. The zero-order valence-corrected chi connectivity index (χ0v) is 10.8. The fraction of sp³-hybridized carbons (Fsp3) is 0.0714. The average molecular weight is 274 g/mol. The highest BCUT2D eigenvalue weighted by atomic mass is 35.5. The van der Waals surface area contributed by atoms with E-state index >= 15 is 0 Å². The van der Waals surface area contributed by atoms with Crippen LogP contribution in [-0.4, -0.2) is 9.38 Å². The van der Waals surface area contributed by atoms with Crippen molar-refractivity contribution in [3.8, 4) is 5.75 Å². The van der Waals surface area contributed by atoms with Crippen LogP contribution in [0.25, 0.3) is 5.65 Å². The number of anilines is 1. The minimum absolute atomic E-state index is 0.391. The van der Waals surface area contributed by atoms with Gasteiger partial charge in [-0.05, 0) is 24.3 Å². The van der Waals surface area contributed by atoms with E-state index in [1.165, 1.54) is 0 Å². The van der Waals surface area contributed by atoms with E-state index in [0.29, 0.717) is 17.3 Å². The smallest absolute Gasteiger partial charge is 0.139 e. The third-order valence-electron chi connectivity index (χ3n) is 2.72. The van der Waals surface area contributed by atoms with Crippen LogP contribution in [0.2, 0.25) is 5.02 Å². The first-order valence-corrected chi connectivity index (χ1v) is 6.20. The van der Waals surface area contributed by atoms with E-state index in [2.05, 4.69) is 4.98 Å². The van der Waals surface area contributed by atoms with Gasteiger partial charge in [-0.2, -0.15) is 0 Å². The molecule has 0 aliphatic heterocycles. The first-order valence-electron chi connectivity index (χ1n) is 5.82. The molecule has 3 rings (SSSR count). The SMILES string of the molecule is Nc1ccn2cc(COc3cccc(Cl)c3)nc2c1. The van der Waals surface area contributed by atoms with Crippen molar-refractivity contribution < 1.29 is 4.74 Å². The van der Waals surface area contributed by atoms with Gasteiger partial charge in [0.15, 0.2) is 0 Å². The number of halogens is 1. The van der Waals surface area contributed by atoms with Gasteiger partial charge in [0.1, 0.15) is 18.0 Å². The second-order valence-electron chi connectivity index (χ2n) is 4.20. The number of hydrogen-bond acceptors (Lipinski definition) is 3. The molecule has 19 heavy (non-hydrogen) atoms. The molecule has 0 radical (unpaired) electrons. The standard InChI is InChI=1S/C14H12ClN3O/c15-10-2-1-3-13(6-10)19-9-12-8-18-5-4-11(16)7-14(18)17-12/h1-8H,9,16H2. The van der Waals surface area contributed by atoms with Gasteiger partial charge in [-0.1, -0.05) is 17.7 Å². The molecular weight excluding hydrogens is 262 g/mol. The number of hydrogen-bond donors (Lipinski definition) is 1. The van der Waals surface area contributed by atoms with Crippen LogP contribution >= 0.6 is 11.6 Å². The van der Waals surface area contributed by atoms with E-state index in [-0.39, 0.29) is 0 Å². The molecule has 0 bridgehead atoms. The molecule has 0 amide bonds. The van der Waals surface area contributed by atoms with Gasteiger partial charge in [0.25, 0.3) is 0 Å². The lowest BCUT2D eigenvalue weighted by molar-refractivity contribution is 0.302. The van der Waals surface area contributed by atoms with Crippen molar-refractivity contribution in [1.29, 1.82) is 0 Å². The molecule has 1 aromatic carbocycles. The van der Waals surface area contributed by atoms with Gasteiger partial charge in [0.05, 0.1) is 5.69 Å². The van der Waals surface area contributed by atoms with E-state index in [1.54, 1.807) is 6.07 Å². The van der Waals surface area contributed by atoms with Crippen molar-refractivity contribution in [2.75, 3.05) is 5.73 Å². The summed E-state index contributed by atoms with van der Waals surface area (Å²) in [6.07, 6.45) is 3.79. The summed E-state index contributed by atoms with van der Waals surface area (Å²) in [5.41, 5.74) is 8.06. The molecule has 0 unspecified atom stereocenters. The molecule has 0 aliphatic carbocycles. The summed E-state index contributed by atoms with van der Waals surface area (Å²) in [7, 11) is 0. The summed E-state index contributed by atoms with van der Waals surface area (Å²) in [4.78, 5) is 4.44. The third kappa shape index (κ3) is 2.63. The lowest BCUT2D eigenvalue weighted by atomic mass is 10.3. The van der Waals surface area contributed by atoms with Gasteiger partial charge in [-0.15, -0.1) is 0 Å². The summed E-state index contributed by atoms with van der Waals surface area (Å²) in [5.74, 6) is 0.726. The number of rotatable bonds is 3. The maximum absolute atomic E-state index is 5.89. The Labute approximate surface area is 115 Å². The Hall–Kier alpha value is -2.20. The Balaban J connectivity index is 1.78. The van der Waals surface area contributed by atoms with Crippen molar-refractivity contribution in [3.63, 3.8) is 0 Å². The number of imidazole rings is 1. The molecule has 0 atom stereocenters. The van der Waals surface area contributed by atoms with Crippen molar-refractivity contribution in [2.24, 2.45) is 0 Å². The summed E-state index contributed by atoms with van der Waals surface area (Å²) in [6, 6.07) is 10.9. The average Bonchev–Trinajstić information content (AvgIpc) is 2.78. The molecule has 4 nitrogen and oxygen atoms in total. The van der Waals surface area contributed by atoms with Crippen molar-refractivity contribution in [2.45, 2.75) is 6.61 Å². The molecule has 0 saturated heterocycles. The Morgan fingerprint density at radius 1 is 1.26 bits per heavy atom. The maximum atomic E-state index is 5.89. The molecule has 0 aliphatic rings. The molecule has 96 valence electrons. The number of aromatic nitrogens is 2. The molecule has 2 aromatic heterocycles. The lowest BCUT2D eigenvalue weighted by Crippen LogP contribution is -1.95. The van der Waals surface area contributed by atoms with E-state index in [1.807, 2.05) is 47.1 Å². The van der Waals surface area contributed by atoms with Gasteiger partial charge >= 0.3 is 0 Å². The summed E-state index contributed by atoms with van der Waals surface area (Å²) in [6.45, 7) is 0.391. The summed E-state index contributed by atoms with van der Waals surface area (Å²) in [5, 5.41) is 0.653. The highest BCUT2D eigenvalue weighted by molar-refractivity contribution is 6.30. The predicted molar refractivity (Wildman–Crippen MR) is 75.4 cm³/mol. The largest absolute Gasteiger partial charge is 0.487 e. The fourth-order valence-electron chi connectivity index (χ4n) is 1.83. The van der Waals surface area contributed by atoms with Crippen LogP contribution in [0.4, 0.5) is 5.69 Å². The topological polar surface area (TPSA) is 52.5 Å². The molecule has 0 saturated carbocycles. The maximum Gasteiger partial charge on any atom is 0.139 e. The van der Waals surface area contributed by atoms with E-state index in [0.717, 1.165) is 17.1 Å². The van der Waals surface area contributed by atoms with Crippen LogP contribution < -0.4 is 10.5 Å². The molecule has 3 aromatic rings. The zero-order valence-electron chi connectivity index (χ0n) is 10.1. The molecule has 2 heterocycles. The Morgan fingerprint density at radius 3 is 3.00 bits per heavy atom. The Bertz CT molecular complexity index is 724. The molecular formula is C14H12ClN3O. The first kappa shape index (κ1) is 11.9. The van der Waals surface area contributed by atoms with Crippen LogP contribution in [0.1, 0.15) is 5.69 Å². The Morgan fingerprint density at radius 2 is 2.16 bits per heavy atom. The third-order valence-corrected chi connectivity index (χ3v) is 2.95. The lowest BCUT2D eigenvalue weighted by Gasteiger charge is -2.03. The van der Waals surface area contributed by atoms with Crippen molar-refractivity contribution >= 4 is 22.9 Å². The van der Waals surface area contributed by atoms with Crippen molar-refractivity contribution in [1.82, 2.24) is 9.38 Å². The minimum atomic E-state index is 0.391. The normalized spacial score (nSPS) is 10.8. The van der Waals surface area contributed by atoms with Gasteiger partial charge in [0.2, 0.25) is 0 Å². The van der Waals surface area contributed by atoms with Gasteiger partial charge in [-0.25, -0.2) is 4.98 Å². The van der Waals surface area contributed by atoms with Crippen LogP contribution in [-0.2, 0) is 6.61 Å². The molecule has 0 fully saturated rings. The number of ether oxygens (including phenoxy) is 1. The van der Waals surface area contributed by atoms with Crippen LogP contribution in [0.3, 0.4) is 0 Å². The van der Waals surface area contributed by atoms with Gasteiger partial charge < -0.3 is 14.9 Å². The quantitative estimate of drug-likeness (QED) is 0.797. The number of nitrogen functional groups attached to an aromatic ring is 1. The highest BCUT2D eigenvalue weighted by Crippen LogP contribution is 2.18. The number of nitrogens with zero attached hydrogens (tertiary/aromatic N) is 2. The monoisotopic (exact) mass is 273 g/mol. The Kier molecular flexibility index (Phi) is 3.01. The van der Waals surface area contributed by atoms with Gasteiger partial charge in [0, 0.05) is 29.2 Å². The predicted octanol–water partition coefficient (Wildman–Crippen LogP) is 3.15. The van der Waals surface area contributed by atoms with E-state index in [9.17, 15) is 0 Å². The van der Waals surface area contributed by atoms with E-state index < -0.39 is 0 Å². The highest BCUT2D eigenvalue weighted by Gasteiger charge is 2.03. The second-order valence-corrected chi connectivity index (χ2v) is 4.64. The van der Waals surface area contributed by atoms with Crippen molar-refractivity contribution in [3.05, 3.63) is 59.5 Å². The summed E-state index contributed by atoms with van der Waals surface area (Å²) >= 11 is 5.89. The molecule has 0 spiro atoms. The molecule has 5 heteroatoms. The fourth-order valence-corrected chi connectivity index (χ4v) is 2.01. The van der Waals surface area contributed by atoms with Crippen LogP contribution in [0.5, 0.6) is 5.75 Å².